The molecule has 1 aliphatic heterocycles. The van der Waals surface area contributed by atoms with Gasteiger partial charge in [0.1, 0.15) is 0 Å². The Morgan fingerprint density at radius 2 is 1.88 bits per heavy atom. The molecule has 0 radical (unpaired) electrons. The van der Waals surface area contributed by atoms with Crippen LogP contribution in [0.4, 0.5) is 0 Å². The third-order valence-electron chi connectivity index (χ3n) is 4.12. The Morgan fingerprint density at radius 3 is 2.59 bits per heavy atom. The third kappa shape index (κ3) is 3.66. The smallest absolute Gasteiger partial charge is 0.151 e. The number of hydrogen-bond acceptors (Lipinski definition) is 4. The van der Waals surface area contributed by atoms with Gasteiger partial charge in [0.15, 0.2) is 9.84 Å². The molecule has 2 aliphatic rings. The molecular weight excluding hydrogens is 236 g/mol. The second kappa shape index (κ2) is 5.67. The fraction of sp³-hybridized carbons (Fsp3) is 1.00. The highest BCUT2D eigenvalue weighted by atomic mass is 32.2. The number of nitrogens with two attached hydrogens (primary N) is 1. The summed E-state index contributed by atoms with van der Waals surface area (Å²) in [6.07, 6.45) is 6.65. The lowest BCUT2D eigenvalue weighted by Gasteiger charge is -2.35. The van der Waals surface area contributed by atoms with E-state index in [1.165, 1.54) is 19.3 Å². The summed E-state index contributed by atoms with van der Waals surface area (Å²) in [5, 5.41) is 3.56. The Bertz CT molecular complexity index is 342. The minimum Gasteiger partial charge on any atom is -0.330 e. The van der Waals surface area contributed by atoms with E-state index in [4.69, 9.17) is 5.73 Å². The zero-order chi connectivity index (χ0) is 12.3. The Balaban J connectivity index is 1.90. The molecule has 1 aliphatic carbocycles. The molecule has 0 aromatic carbocycles. The van der Waals surface area contributed by atoms with Gasteiger partial charge in [0, 0.05) is 12.1 Å². The summed E-state index contributed by atoms with van der Waals surface area (Å²) in [5.41, 5.74) is 5.79. The van der Waals surface area contributed by atoms with E-state index in [2.05, 4.69) is 5.32 Å². The molecule has 0 aromatic heterocycles. The maximum absolute atomic E-state index is 11.6. The first-order valence-electron chi connectivity index (χ1n) is 6.77. The Morgan fingerprint density at radius 1 is 1.12 bits per heavy atom. The van der Waals surface area contributed by atoms with Gasteiger partial charge in [-0.15, -0.1) is 0 Å². The minimum atomic E-state index is -2.80. The predicted octanol–water partition coefficient (Wildman–Crippen LogP) is 0.671. The first-order chi connectivity index (χ1) is 8.11. The summed E-state index contributed by atoms with van der Waals surface area (Å²) < 4.78 is 23.2. The molecule has 0 bridgehead atoms. The minimum absolute atomic E-state index is 0.158. The molecule has 5 heteroatoms. The molecule has 3 atom stereocenters. The summed E-state index contributed by atoms with van der Waals surface area (Å²) in [7, 11) is -2.80. The number of nitrogens with one attached hydrogen (secondary N) is 1. The topological polar surface area (TPSA) is 72.2 Å². The third-order valence-corrected chi connectivity index (χ3v) is 5.95. The van der Waals surface area contributed by atoms with Crippen molar-refractivity contribution in [3.8, 4) is 0 Å². The van der Waals surface area contributed by atoms with Gasteiger partial charge in [-0.25, -0.2) is 8.42 Å². The molecule has 0 spiro atoms. The monoisotopic (exact) mass is 260 g/mol. The molecule has 2 fully saturated rings. The molecule has 1 saturated heterocycles. The van der Waals surface area contributed by atoms with Crippen molar-refractivity contribution in [2.75, 3.05) is 18.1 Å². The summed E-state index contributed by atoms with van der Waals surface area (Å²) in [6.45, 7) is 0.719. The molecule has 17 heavy (non-hydrogen) atoms. The molecule has 0 amide bonds. The molecule has 3 N–H and O–H groups in total. The van der Waals surface area contributed by atoms with E-state index in [1.807, 2.05) is 0 Å². The van der Waals surface area contributed by atoms with Crippen LogP contribution in [0.5, 0.6) is 0 Å². The van der Waals surface area contributed by atoms with Gasteiger partial charge >= 0.3 is 0 Å². The van der Waals surface area contributed by atoms with Crippen molar-refractivity contribution in [3.63, 3.8) is 0 Å². The number of hydrogen-bond donors (Lipinski definition) is 2. The quantitative estimate of drug-likeness (QED) is 0.782. The molecule has 100 valence electrons. The number of rotatable bonds is 3. The van der Waals surface area contributed by atoms with Crippen molar-refractivity contribution in [2.24, 2.45) is 11.7 Å². The first-order valence-corrected chi connectivity index (χ1v) is 8.59. The summed E-state index contributed by atoms with van der Waals surface area (Å²) >= 11 is 0. The molecule has 0 aromatic rings. The van der Waals surface area contributed by atoms with Gasteiger partial charge in [-0.05, 0) is 38.1 Å². The van der Waals surface area contributed by atoms with E-state index in [1.54, 1.807) is 0 Å². The van der Waals surface area contributed by atoms with Crippen LogP contribution in [0.15, 0.2) is 0 Å². The van der Waals surface area contributed by atoms with Crippen LogP contribution in [0.2, 0.25) is 0 Å². The normalized spacial score (nSPS) is 37.8. The van der Waals surface area contributed by atoms with Gasteiger partial charge in [-0.3, -0.25) is 0 Å². The van der Waals surface area contributed by atoms with Crippen LogP contribution < -0.4 is 11.1 Å². The van der Waals surface area contributed by atoms with Crippen molar-refractivity contribution in [1.82, 2.24) is 5.32 Å². The van der Waals surface area contributed by atoms with Crippen molar-refractivity contribution in [2.45, 2.75) is 50.6 Å². The molecule has 3 unspecified atom stereocenters. The maximum atomic E-state index is 11.6. The summed E-state index contributed by atoms with van der Waals surface area (Å²) in [6, 6.07) is 0.595. The molecule has 2 rings (SSSR count). The highest BCUT2D eigenvalue weighted by molar-refractivity contribution is 7.91. The van der Waals surface area contributed by atoms with Crippen LogP contribution in [0.3, 0.4) is 0 Å². The van der Waals surface area contributed by atoms with Gasteiger partial charge in [0.25, 0.3) is 0 Å². The Labute approximate surface area is 104 Å². The predicted molar refractivity (Wildman–Crippen MR) is 69.6 cm³/mol. The van der Waals surface area contributed by atoms with E-state index >= 15 is 0 Å². The van der Waals surface area contributed by atoms with Crippen molar-refractivity contribution in [3.05, 3.63) is 0 Å². The van der Waals surface area contributed by atoms with Gasteiger partial charge in [-0.2, -0.15) is 0 Å². The Kier molecular flexibility index (Phi) is 4.44. The Hall–Kier alpha value is -0.130. The molecular formula is C12H24N2O2S. The van der Waals surface area contributed by atoms with E-state index in [0.717, 1.165) is 25.8 Å². The van der Waals surface area contributed by atoms with Crippen LogP contribution >= 0.6 is 0 Å². The van der Waals surface area contributed by atoms with Gasteiger partial charge < -0.3 is 11.1 Å². The van der Waals surface area contributed by atoms with Crippen molar-refractivity contribution in [1.29, 1.82) is 0 Å². The highest BCUT2D eigenvalue weighted by Gasteiger charge is 2.30. The second-order valence-corrected chi connectivity index (χ2v) is 7.74. The van der Waals surface area contributed by atoms with E-state index in [0.29, 0.717) is 23.5 Å². The van der Waals surface area contributed by atoms with Gasteiger partial charge in [0.2, 0.25) is 0 Å². The summed E-state index contributed by atoms with van der Waals surface area (Å²) in [5.74, 6) is 1.23. The average molecular weight is 260 g/mol. The lowest BCUT2D eigenvalue weighted by atomic mass is 9.84. The van der Waals surface area contributed by atoms with Crippen molar-refractivity contribution < 1.29 is 8.42 Å². The zero-order valence-electron chi connectivity index (χ0n) is 10.4. The van der Waals surface area contributed by atoms with Crippen LogP contribution in [0, 0.1) is 5.92 Å². The lowest BCUT2D eigenvalue weighted by Crippen LogP contribution is -2.50. The molecule has 4 nitrogen and oxygen atoms in total. The fourth-order valence-corrected chi connectivity index (χ4v) is 4.82. The van der Waals surface area contributed by atoms with E-state index < -0.39 is 9.84 Å². The largest absolute Gasteiger partial charge is 0.330 e. The van der Waals surface area contributed by atoms with E-state index in [-0.39, 0.29) is 6.04 Å². The fourth-order valence-electron chi connectivity index (χ4n) is 3.17. The van der Waals surface area contributed by atoms with Crippen LogP contribution in [-0.4, -0.2) is 38.6 Å². The molecule has 1 heterocycles. The van der Waals surface area contributed by atoms with Crippen LogP contribution in [0.1, 0.15) is 38.5 Å². The van der Waals surface area contributed by atoms with Gasteiger partial charge in [-0.1, -0.05) is 12.8 Å². The molecule has 1 saturated carbocycles. The average Bonchev–Trinajstić information content (AvgIpc) is 2.28. The highest BCUT2D eigenvalue weighted by Crippen LogP contribution is 2.25. The van der Waals surface area contributed by atoms with Crippen molar-refractivity contribution >= 4 is 9.84 Å². The summed E-state index contributed by atoms with van der Waals surface area (Å²) in [4.78, 5) is 0. The van der Waals surface area contributed by atoms with Crippen LogP contribution in [-0.2, 0) is 9.84 Å². The SMILES string of the molecule is NCC1CCCCC1NC1CCCS(=O)(=O)C1. The lowest BCUT2D eigenvalue weighted by molar-refractivity contribution is 0.246. The maximum Gasteiger partial charge on any atom is 0.151 e. The van der Waals surface area contributed by atoms with Crippen LogP contribution in [0.25, 0.3) is 0 Å². The van der Waals surface area contributed by atoms with Gasteiger partial charge in [0.05, 0.1) is 11.5 Å². The van der Waals surface area contributed by atoms with E-state index in [9.17, 15) is 8.42 Å². The number of sulfone groups is 1. The first kappa shape index (κ1) is 13.3. The second-order valence-electron chi connectivity index (χ2n) is 5.51. The zero-order valence-corrected chi connectivity index (χ0v) is 11.2. The standard InChI is InChI=1S/C12H24N2O2S/c13-8-10-4-1-2-6-12(10)14-11-5-3-7-17(15,16)9-11/h10-12,14H,1-9,13H2.